The van der Waals surface area contributed by atoms with Crippen LogP contribution in [0.1, 0.15) is 5.56 Å². The Bertz CT molecular complexity index is 792. The molecule has 0 N–H and O–H groups in total. The maximum atomic E-state index is 13.8. The summed E-state index contributed by atoms with van der Waals surface area (Å²) in [7, 11) is 0. The van der Waals surface area contributed by atoms with Gasteiger partial charge in [0.2, 0.25) is 5.82 Å². The normalized spacial score (nSPS) is 10.2. The van der Waals surface area contributed by atoms with Crippen LogP contribution in [0.5, 0.6) is 0 Å². The van der Waals surface area contributed by atoms with Crippen LogP contribution in [0.25, 0.3) is 23.0 Å². The molecular formula is C14H7FN4O. The number of rotatable bonds is 2. The molecule has 0 atom stereocenters. The predicted molar refractivity (Wildman–Crippen MR) is 67.6 cm³/mol. The van der Waals surface area contributed by atoms with Crippen molar-refractivity contribution >= 4 is 0 Å². The number of nitriles is 1. The van der Waals surface area contributed by atoms with Gasteiger partial charge >= 0.3 is 0 Å². The van der Waals surface area contributed by atoms with E-state index in [0.717, 1.165) is 0 Å². The van der Waals surface area contributed by atoms with E-state index >= 15 is 0 Å². The average molecular weight is 266 g/mol. The van der Waals surface area contributed by atoms with Crippen molar-refractivity contribution in [2.24, 2.45) is 0 Å². The van der Waals surface area contributed by atoms with Gasteiger partial charge in [0.25, 0.3) is 5.89 Å². The van der Waals surface area contributed by atoms with Gasteiger partial charge in [-0.05, 0) is 30.3 Å². The standard InChI is InChI=1S/C14H7FN4O/c15-11-5-4-9(8-16)7-10(11)14-18-13(19-20-14)12-3-1-2-6-17-12/h1-7H. The number of pyridine rings is 1. The van der Waals surface area contributed by atoms with Crippen molar-refractivity contribution in [1.82, 2.24) is 15.1 Å². The molecule has 5 nitrogen and oxygen atoms in total. The maximum Gasteiger partial charge on any atom is 0.261 e. The maximum absolute atomic E-state index is 13.8. The second kappa shape index (κ2) is 4.90. The summed E-state index contributed by atoms with van der Waals surface area (Å²) in [5.41, 5.74) is 0.942. The van der Waals surface area contributed by atoms with Crippen LogP contribution < -0.4 is 0 Å². The molecule has 2 aromatic heterocycles. The predicted octanol–water partition coefficient (Wildman–Crippen LogP) is 2.81. The SMILES string of the molecule is N#Cc1ccc(F)c(-c2nc(-c3ccccn3)no2)c1. The Morgan fingerprint density at radius 1 is 1.20 bits per heavy atom. The third-order valence-electron chi connectivity index (χ3n) is 2.65. The van der Waals surface area contributed by atoms with Crippen LogP contribution in [0, 0.1) is 17.1 Å². The summed E-state index contributed by atoms with van der Waals surface area (Å²) in [5.74, 6) is -0.247. The minimum atomic E-state index is -0.528. The van der Waals surface area contributed by atoms with E-state index in [-0.39, 0.29) is 17.3 Å². The van der Waals surface area contributed by atoms with Crippen LogP contribution in [-0.4, -0.2) is 15.1 Å². The van der Waals surface area contributed by atoms with Crippen LogP contribution >= 0.6 is 0 Å². The van der Waals surface area contributed by atoms with Gasteiger partial charge in [0, 0.05) is 6.20 Å². The zero-order valence-electron chi connectivity index (χ0n) is 10.1. The van der Waals surface area contributed by atoms with Crippen molar-refractivity contribution in [3.8, 4) is 29.0 Å². The Balaban J connectivity index is 2.05. The molecule has 0 saturated carbocycles. The summed E-state index contributed by atoms with van der Waals surface area (Å²) in [4.78, 5) is 8.18. The van der Waals surface area contributed by atoms with Crippen LogP contribution in [0.4, 0.5) is 4.39 Å². The van der Waals surface area contributed by atoms with Gasteiger partial charge < -0.3 is 4.52 Å². The number of benzene rings is 1. The molecule has 3 aromatic rings. The molecule has 0 spiro atoms. The number of aromatic nitrogens is 3. The molecule has 96 valence electrons. The van der Waals surface area contributed by atoms with Gasteiger partial charge in [-0.2, -0.15) is 10.2 Å². The molecule has 0 aliphatic carbocycles. The van der Waals surface area contributed by atoms with E-state index in [1.165, 1.54) is 18.2 Å². The summed E-state index contributed by atoms with van der Waals surface area (Å²) >= 11 is 0. The topological polar surface area (TPSA) is 75.6 Å². The Morgan fingerprint density at radius 2 is 2.10 bits per heavy atom. The zero-order valence-corrected chi connectivity index (χ0v) is 10.1. The molecule has 0 amide bonds. The largest absolute Gasteiger partial charge is 0.333 e. The van der Waals surface area contributed by atoms with Gasteiger partial charge in [-0.15, -0.1) is 0 Å². The van der Waals surface area contributed by atoms with Crippen molar-refractivity contribution in [3.05, 3.63) is 54.0 Å². The third kappa shape index (κ3) is 2.12. The fraction of sp³-hybridized carbons (Fsp3) is 0. The molecule has 20 heavy (non-hydrogen) atoms. The van der Waals surface area contributed by atoms with E-state index in [1.54, 1.807) is 24.4 Å². The monoisotopic (exact) mass is 266 g/mol. The lowest BCUT2D eigenvalue weighted by molar-refractivity contribution is 0.429. The van der Waals surface area contributed by atoms with Crippen molar-refractivity contribution in [1.29, 1.82) is 5.26 Å². The highest BCUT2D eigenvalue weighted by atomic mass is 19.1. The number of hydrogen-bond donors (Lipinski definition) is 0. The van der Waals surface area contributed by atoms with Gasteiger partial charge in [-0.3, -0.25) is 4.98 Å². The molecule has 0 aliphatic heterocycles. The second-order valence-electron chi connectivity index (χ2n) is 3.94. The summed E-state index contributed by atoms with van der Waals surface area (Å²) in [6, 6.07) is 11.1. The molecule has 0 fully saturated rings. The van der Waals surface area contributed by atoms with E-state index in [2.05, 4.69) is 15.1 Å². The first-order valence-corrected chi connectivity index (χ1v) is 5.73. The Kier molecular flexibility index (Phi) is 2.94. The minimum Gasteiger partial charge on any atom is -0.333 e. The second-order valence-corrected chi connectivity index (χ2v) is 3.94. The summed E-state index contributed by atoms with van der Waals surface area (Å²) in [6.07, 6.45) is 1.60. The smallest absolute Gasteiger partial charge is 0.261 e. The minimum absolute atomic E-state index is 0.0141. The van der Waals surface area contributed by atoms with Gasteiger partial charge in [0.05, 0.1) is 17.2 Å². The quantitative estimate of drug-likeness (QED) is 0.712. The third-order valence-corrected chi connectivity index (χ3v) is 2.65. The Labute approximate surface area is 113 Å². The summed E-state index contributed by atoms with van der Waals surface area (Å²) in [6.45, 7) is 0. The molecule has 2 heterocycles. The molecule has 3 rings (SSSR count). The molecule has 0 radical (unpaired) electrons. The number of nitrogens with zero attached hydrogens (tertiary/aromatic N) is 4. The van der Waals surface area contributed by atoms with Crippen molar-refractivity contribution in [2.45, 2.75) is 0 Å². The number of halogens is 1. The van der Waals surface area contributed by atoms with Crippen molar-refractivity contribution in [2.75, 3.05) is 0 Å². The molecule has 0 bridgehead atoms. The first-order valence-electron chi connectivity index (χ1n) is 5.73. The van der Waals surface area contributed by atoms with Crippen LogP contribution in [-0.2, 0) is 0 Å². The van der Waals surface area contributed by atoms with Crippen molar-refractivity contribution < 1.29 is 8.91 Å². The lowest BCUT2D eigenvalue weighted by atomic mass is 10.1. The van der Waals surface area contributed by atoms with Gasteiger partial charge in [-0.25, -0.2) is 4.39 Å². The average Bonchev–Trinajstić information content (AvgIpc) is 2.98. The molecule has 0 saturated heterocycles. The lowest BCUT2D eigenvalue weighted by Crippen LogP contribution is -1.87. The summed E-state index contributed by atoms with van der Waals surface area (Å²) < 4.78 is 18.8. The molecule has 1 aromatic carbocycles. The summed E-state index contributed by atoms with van der Waals surface area (Å²) in [5, 5.41) is 12.6. The zero-order chi connectivity index (χ0) is 13.9. The van der Waals surface area contributed by atoms with E-state index in [9.17, 15) is 4.39 Å². The first-order chi connectivity index (χ1) is 9.78. The Hall–Kier alpha value is -3.07. The lowest BCUT2D eigenvalue weighted by Gasteiger charge is -1.97. The van der Waals surface area contributed by atoms with Crippen LogP contribution in [0.15, 0.2) is 47.1 Å². The highest BCUT2D eigenvalue weighted by molar-refractivity contribution is 5.60. The van der Waals surface area contributed by atoms with E-state index in [4.69, 9.17) is 9.78 Å². The first kappa shape index (κ1) is 12.0. The fourth-order valence-electron chi connectivity index (χ4n) is 1.69. The highest BCUT2D eigenvalue weighted by Gasteiger charge is 2.15. The fourth-order valence-corrected chi connectivity index (χ4v) is 1.69. The molecule has 0 aliphatic rings. The molecule has 6 heteroatoms. The van der Waals surface area contributed by atoms with Crippen LogP contribution in [0.3, 0.4) is 0 Å². The van der Waals surface area contributed by atoms with Crippen molar-refractivity contribution in [3.63, 3.8) is 0 Å². The highest BCUT2D eigenvalue weighted by Crippen LogP contribution is 2.24. The van der Waals surface area contributed by atoms with Crippen LogP contribution in [0.2, 0.25) is 0 Å². The van der Waals surface area contributed by atoms with Gasteiger partial charge in [0.1, 0.15) is 11.5 Å². The molecule has 0 unspecified atom stereocenters. The van der Waals surface area contributed by atoms with E-state index in [0.29, 0.717) is 11.3 Å². The van der Waals surface area contributed by atoms with Gasteiger partial charge in [-0.1, -0.05) is 11.2 Å². The van der Waals surface area contributed by atoms with Gasteiger partial charge in [0.15, 0.2) is 0 Å². The van der Waals surface area contributed by atoms with E-state index < -0.39 is 5.82 Å². The number of hydrogen-bond acceptors (Lipinski definition) is 5. The van der Waals surface area contributed by atoms with E-state index in [1.807, 2.05) is 6.07 Å². The molecular weight excluding hydrogens is 259 g/mol. The Morgan fingerprint density at radius 3 is 2.85 bits per heavy atom.